The van der Waals surface area contributed by atoms with Gasteiger partial charge >= 0.3 is 0 Å². The van der Waals surface area contributed by atoms with Gasteiger partial charge in [0.05, 0.1) is 0 Å². The van der Waals surface area contributed by atoms with E-state index >= 15 is 0 Å². The van der Waals surface area contributed by atoms with Gasteiger partial charge in [-0.05, 0) is 61.3 Å². The van der Waals surface area contributed by atoms with Crippen molar-refractivity contribution in [3.63, 3.8) is 0 Å². The molecule has 4 rings (SSSR count). The van der Waals surface area contributed by atoms with Gasteiger partial charge < -0.3 is 14.6 Å². The number of nitrogens with one attached hydrogen (secondary N) is 1. The minimum atomic E-state index is -3.71. The van der Waals surface area contributed by atoms with Crippen molar-refractivity contribution in [2.24, 2.45) is 0 Å². The minimum absolute atomic E-state index is 0.0129. The average Bonchev–Trinajstić information content (AvgIpc) is 3.35. The van der Waals surface area contributed by atoms with Gasteiger partial charge in [0, 0.05) is 26.2 Å². The Balaban J connectivity index is 1.44. The number of piperidine rings is 1. The van der Waals surface area contributed by atoms with E-state index in [9.17, 15) is 13.2 Å². The van der Waals surface area contributed by atoms with E-state index in [4.69, 9.17) is 4.42 Å². The van der Waals surface area contributed by atoms with Crippen molar-refractivity contribution < 1.29 is 17.6 Å². The van der Waals surface area contributed by atoms with Crippen molar-refractivity contribution in [1.29, 1.82) is 0 Å². The summed E-state index contributed by atoms with van der Waals surface area (Å²) in [6.07, 6.45) is 2.70. The molecule has 34 heavy (non-hydrogen) atoms. The van der Waals surface area contributed by atoms with Gasteiger partial charge in [0.15, 0.2) is 5.76 Å². The van der Waals surface area contributed by atoms with Crippen LogP contribution in [0.4, 0.5) is 0 Å². The summed E-state index contributed by atoms with van der Waals surface area (Å²) in [6, 6.07) is 19.1. The Bertz CT molecular complexity index is 1230. The molecule has 3 aromatic rings. The third-order valence-corrected chi connectivity index (χ3v) is 7.71. The maximum Gasteiger partial charge on any atom is 0.287 e. The lowest BCUT2D eigenvalue weighted by Crippen LogP contribution is -2.35. The molecule has 2 heterocycles. The maximum absolute atomic E-state index is 12.8. The van der Waals surface area contributed by atoms with Gasteiger partial charge in [-0.2, -0.15) is 4.31 Å². The maximum atomic E-state index is 12.8. The van der Waals surface area contributed by atoms with Crippen LogP contribution in [0.15, 0.2) is 70.2 Å². The van der Waals surface area contributed by atoms with Gasteiger partial charge in [-0.3, -0.25) is 4.79 Å². The van der Waals surface area contributed by atoms with E-state index in [-0.39, 0.29) is 10.9 Å². The molecular weight excluding hydrogens is 450 g/mol. The van der Waals surface area contributed by atoms with Crippen LogP contribution in [0.1, 0.15) is 40.9 Å². The van der Waals surface area contributed by atoms with Crippen molar-refractivity contribution in [3.05, 3.63) is 77.6 Å². The monoisotopic (exact) mass is 481 g/mol. The molecule has 0 aliphatic carbocycles. The van der Waals surface area contributed by atoms with Gasteiger partial charge in [0.2, 0.25) is 5.09 Å². The molecule has 7 nitrogen and oxygen atoms in total. The Hall–Kier alpha value is -2.94. The smallest absolute Gasteiger partial charge is 0.287 e. The van der Waals surface area contributed by atoms with Crippen LogP contribution in [0, 0.1) is 0 Å². The first-order valence-corrected chi connectivity index (χ1v) is 13.0. The van der Waals surface area contributed by atoms with Gasteiger partial charge in [0.1, 0.15) is 0 Å². The third kappa shape index (κ3) is 5.58. The lowest BCUT2D eigenvalue weighted by molar-refractivity contribution is 0.0917. The van der Waals surface area contributed by atoms with E-state index < -0.39 is 15.9 Å². The number of carbonyl (C=O) groups is 1. The molecule has 180 valence electrons. The van der Waals surface area contributed by atoms with Crippen LogP contribution in [0.3, 0.4) is 0 Å². The summed E-state index contributed by atoms with van der Waals surface area (Å²) in [5.74, 6) is -0.461. The Kier molecular flexibility index (Phi) is 7.50. The van der Waals surface area contributed by atoms with Crippen LogP contribution in [-0.2, 0) is 23.1 Å². The number of hydrogen-bond donors (Lipinski definition) is 1. The van der Waals surface area contributed by atoms with Crippen LogP contribution < -0.4 is 5.32 Å². The molecule has 1 fully saturated rings. The first-order valence-electron chi connectivity index (χ1n) is 11.5. The van der Waals surface area contributed by atoms with Crippen molar-refractivity contribution in [2.45, 2.75) is 37.4 Å². The second-order valence-electron chi connectivity index (χ2n) is 8.86. The van der Waals surface area contributed by atoms with Crippen molar-refractivity contribution in [2.75, 3.05) is 27.2 Å². The van der Waals surface area contributed by atoms with Crippen molar-refractivity contribution in [1.82, 2.24) is 14.5 Å². The second kappa shape index (κ2) is 10.5. The highest BCUT2D eigenvalue weighted by Gasteiger charge is 2.29. The zero-order valence-corrected chi connectivity index (χ0v) is 20.5. The highest BCUT2D eigenvalue weighted by molar-refractivity contribution is 7.89. The lowest BCUT2D eigenvalue weighted by atomic mass is 9.98. The zero-order chi connectivity index (χ0) is 24.1. The number of benzene rings is 2. The summed E-state index contributed by atoms with van der Waals surface area (Å²) in [4.78, 5) is 14.8. The Morgan fingerprint density at radius 3 is 2.38 bits per heavy atom. The Morgan fingerprint density at radius 2 is 1.68 bits per heavy atom. The van der Waals surface area contributed by atoms with E-state index in [0.29, 0.717) is 19.6 Å². The van der Waals surface area contributed by atoms with Gasteiger partial charge in [-0.15, -0.1) is 0 Å². The van der Waals surface area contributed by atoms with E-state index in [2.05, 4.69) is 34.5 Å². The van der Waals surface area contributed by atoms with E-state index in [1.165, 1.54) is 22.0 Å². The number of hydrogen-bond acceptors (Lipinski definition) is 5. The van der Waals surface area contributed by atoms with Crippen LogP contribution in [-0.4, -0.2) is 50.7 Å². The topological polar surface area (TPSA) is 82.9 Å². The van der Waals surface area contributed by atoms with E-state index in [1.807, 2.05) is 38.4 Å². The molecule has 1 aromatic heterocycles. The molecule has 2 aromatic carbocycles. The molecule has 1 aliphatic heterocycles. The number of rotatable bonds is 8. The largest absolute Gasteiger partial charge is 0.438 e. The summed E-state index contributed by atoms with van der Waals surface area (Å²) in [5.41, 5.74) is 4.30. The fraction of sp³-hybridized carbons (Fsp3) is 0.346. The van der Waals surface area contributed by atoms with Crippen molar-refractivity contribution in [3.8, 4) is 11.1 Å². The van der Waals surface area contributed by atoms with Crippen LogP contribution in [0.2, 0.25) is 0 Å². The molecule has 1 saturated heterocycles. The lowest BCUT2D eigenvalue weighted by Gasteiger charge is -2.24. The SMILES string of the molecule is CN(C)Cc1ccc(-c2ccccc2CNC(=O)c2ccc(S(=O)(=O)N3CCCCC3)o2)cc1. The second-order valence-corrected chi connectivity index (χ2v) is 10.7. The van der Waals surface area contributed by atoms with Crippen LogP contribution in [0.25, 0.3) is 11.1 Å². The number of furan rings is 1. The number of sulfonamides is 1. The summed E-state index contributed by atoms with van der Waals surface area (Å²) >= 11 is 0. The van der Waals surface area contributed by atoms with E-state index in [1.54, 1.807) is 0 Å². The first kappa shape index (κ1) is 24.2. The molecule has 0 spiro atoms. The number of amides is 1. The summed E-state index contributed by atoms with van der Waals surface area (Å²) < 4.78 is 32.5. The highest BCUT2D eigenvalue weighted by atomic mass is 32.2. The molecule has 8 heteroatoms. The molecule has 0 radical (unpaired) electrons. The number of carbonyl (C=O) groups excluding carboxylic acids is 1. The summed E-state index contributed by atoms with van der Waals surface area (Å²) in [7, 11) is 0.365. The van der Waals surface area contributed by atoms with Crippen molar-refractivity contribution >= 4 is 15.9 Å². The van der Waals surface area contributed by atoms with Gasteiger partial charge in [0.25, 0.3) is 15.9 Å². The average molecular weight is 482 g/mol. The molecule has 1 N–H and O–H groups in total. The van der Waals surface area contributed by atoms with Crippen LogP contribution >= 0.6 is 0 Å². The molecule has 0 bridgehead atoms. The van der Waals surface area contributed by atoms with Crippen LogP contribution in [0.5, 0.6) is 0 Å². The predicted molar refractivity (Wildman–Crippen MR) is 132 cm³/mol. The molecule has 0 saturated carbocycles. The summed E-state index contributed by atoms with van der Waals surface area (Å²) in [5, 5.41) is 2.68. The standard InChI is InChI=1S/C26H31N3O4S/c1-28(2)19-20-10-12-21(13-11-20)23-9-5-4-8-22(23)18-27-26(30)24-14-15-25(33-24)34(31,32)29-16-6-3-7-17-29/h4-5,8-15H,3,6-7,16-19H2,1-2H3,(H,27,30). The highest BCUT2D eigenvalue weighted by Crippen LogP contribution is 2.25. The molecule has 0 unspecified atom stereocenters. The number of nitrogens with zero attached hydrogens (tertiary/aromatic N) is 2. The molecule has 1 aliphatic rings. The Labute approximate surface area is 201 Å². The third-order valence-electron chi connectivity index (χ3n) is 5.93. The fourth-order valence-corrected chi connectivity index (χ4v) is 5.62. The molecular formula is C26H31N3O4S. The van der Waals surface area contributed by atoms with Gasteiger partial charge in [-0.25, -0.2) is 8.42 Å². The fourth-order valence-electron chi connectivity index (χ4n) is 4.19. The predicted octanol–water partition coefficient (Wildman–Crippen LogP) is 4.11. The minimum Gasteiger partial charge on any atom is -0.438 e. The first-order chi connectivity index (χ1) is 16.3. The zero-order valence-electron chi connectivity index (χ0n) is 19.7. The molecule has 0 atom stereocenters. The molecule has 1 amide bonds. The quantitative estimate of drug-likeness (QED) is 0.524. The Morgan fingerprint density at radius 1 is 0.971 bits per heavy atom. The van der Waals surface area contributed by atoms with Gasteiger partial charge in [-0.1, -0.05) is 55.0 Å². The summed E-state index contributed by atoms with van der Waals surface area (Å²) in [6.45, 7) is 2.13. The van der Waals surface area contributed by atoms with E-state index in [0.717, 1.165) is 42.5 Å². The normalized spacial score (nSPS) is 14.9.